The molecule has 5 rings (SSSR count). The molecule has 3 heterocycles. The Morgan fingerprint density at radius 3 is 2.64 bits per heavy atom. The van der Waals surface area contributed by atoms with Crippen molar-refractivity contribution in [2.45, 2.75) is 24.8 Å². The van der Waals surface area contributed by atoms with Crippen LogP contribution in [0.3, 0.4) is 0 Å². The largest absolute Gasteiger partial charge is 0.423 e. The summed E-state index contributed by atoms with van der Waals surface area (Å²) in [6.07, 6.45) is 0. The second kappa shape index (κ2) is 8.99. The number of anilines is 1. The fourth-order valence-corrected chi connectivity index (χ4v) is 4.85. The van der Waals surface area contributed by atoms with Crippen LogP contribution in [-0.4, -0.2) is 41.1 Å². The number of morpholine rings is 1. The lowest BCUT2D eigenvalue weighted by Gasteiger charge is -2.27. The number of aryl methyl sites for hydroxylation is 2. The minimum Gasteiger partial charge on any atom is -0.423 e. The number of fused-ring (bicyclic) bond motifs is 1. The van der Waals surface area contributed by atoms with Crippen molar-refractivity contribution in [3.63, 3.8) is 0 Å². The first kappa shape index (κ1) is 21.7. The van der Waals surface area contributed by atoms with Gasteiger partial charge in [0.15, 0.2) is 5.16 Å². The molecule has 2 aromatic carbocycles. The number of aromatic nitrogens is 3. The summed E-state index contributed by atoms with van der Waals surface area (Å²) in [5, 5.41) is 10.4. The average molecular weight is 467 g/mol. The van der Waals surface area contributed by atoms with Crippen molar-refractivity contribution in [2.24, 2.45) is 0 Å². The first-order valence-corrected chi connectivity index (χ1v) is 11.7. The van der Waals surface area contributed by atoms with Crippen molar-refractivity contribution in [3.05, 3.63) is 75.4 Å². The number of benzene rings is 2. The second-order valence-electron chi connectivity index (χ2n) is 8.01. The van der Waals surface area contributed by atoms with E-state index in [1.54, 1.807) is 6.07 Å². The summed E-state index contributed by atoms with van der Waals surface area (Å²) in [7, 11) is 0. The molecule has 4 aromatic rings. The monoisotopic (exact) mass is 466 g/mol. The van der Waals surface area contributed by atoms with E-state index < -0.39 is 0 Å². The van der Waals surface area contributed by atoms with Crippen LogP contribution in [0.1, 0.15) is 16.7 Å². The van der Waals surface area contributed by atoms with Gasteiger partial charge < -0.3 is 14.1 Å². The summed E-state index contributed by atoms with van der Waals surface area (Å²) in [4.78, 5) is 14.3. The van der Waals surface area contributed by atoms with Gasteiger partial charge in [0.2, 0.25) is 5.95 Å². The molecule has 0 radical (unpaired) electrons. The Labute approximate surface area is 194 Å². The highest BCUT2D eigenvalue weighted by Gasteiger charge is 2.22. The molecule has 1 aliphatic rings. The zero-order valence-corrected chi connectivity index (χ0v) is 19.2. The van der Waals surface area contributed by atoms with Crippen LogP contribution in [0.2, 0.25) is 0 Å². The maximum absolute atomic E-state index is 14.1. The van der Waals surface area contributed by atoms with Gasteiger partial charge >= 0.3 is 5.63 Å². The molecule has 0 unspecified atom stereocenters. The minimum atomic E-state index is -0.387. The Balaban J connectivity index is 1.53. The highest BCUT2D eigenvalue weighted by Crippen LogP contribution is 2.31. The Hall–Kier alpha value is -3.17. The summed E-state index contributed by atoms with van der Waals surface area (Å²) in [6.45, 7) is 6.59. The summed E-state index contributed by atoms with van der Waals surface area (Å²) in [6, 6.07) is 11.8. The number of hydrogen-bond acceptors (Lipinski definition) is 7. The van der Waals surface area contributed by atoms with E-state index in [1.807, 2.05) is 36.6 Å². The predicted octanol–water partition coefficient (Wildman–Crippen LogP) is 4.26. The van der Waals surface area contributed by atoms with Crippen LogP contribution in [0, 0.1) is 19.7 Å². The maximum atomic E-state index is 14.1. The van der Waals surface area contributed by atoms with Gasteiger partial charge in [-0.25, -0.2) is 9.18 Å². The normalized spacial score (nSPS) is 14.2. The molecule has 170 valence electrons. The molecule has 33 heavy (non-hydrogen) atoms. The van der Waals surface area contributed by atoms with E-state index in [-0.39, 0.29) is 11.4 Å². The van der Waals surface area contributed by atoms with Crippen molar-refractivity contribution in [1.82, 2.24) is 14.8 Å². The van der Waals surface area contributed by atoms with Crippen LogP contribution in [0.4, 0.5) is 10.3 Å². The molecular weight excluding hydrogens is 443 g/mol. The Kier molecular flexibility index (Phi) is 5.90. The summed E-state index contributed by atoms with van der Waals surface area (Å²) in [5.41, 5.74) is 3.88. The SMILES string of the molecule is Cc1cc2oc(=O)cc(CSc3nnc(N4CCOCC4)n3-c3cccc(F)c3)c2cc1C. The number of halogens is 1. The third-order valence-corrected chi connectivity index (χ3v) is 6.76. The fraction of sp³-hybridized carbons (Fsp3) is 0.292. The molecule has 9 heteroatoms. The maximum Gasteiger partial charge on any atom is 0.336 e. The molecule has 0 amide bonds. The molecule has 0 saturated carbocycles. The van der Waals surface area contributed by atoms with Crippen LogP contribution in [0.25, 0.3) is 16.7 Å². The van der Waals surface area contributed by atoms with Gasteiger partial charge in [0, 0.05) is 30.3 Å². The van der Waals surface area contributed by atoms with E-state index in [4.69, 9.17) is 9.15 Å². The molecule has 0 bridgehead atoms. The fourth-order valence-electron chi connectivity index (χ4n) is 3.91. The smallest absolute Gasteiger partial charge is 0.336 e. The molecule has 1 aliphatic heterocycles. The summed E-state index contributed by atoms with van der Waals surface area (Å²) >= 11 is 1.45. The Bertz CT molecular complexity index is 1380. The van der Waals surface area contributed by atoms with E-state index in [1.165, 1.54) is 30.0 Å². The molecule has 1 saturated heterocycles. The molecule has 0 atom stereocenters. The Morgan fingerprint density at radius 1 is 1.06 bits per heavy atom. The second-order valence-corrected chi connectivity index (χ2v) is 8.95. The third-order valence-electron chi connectivity index (χ3n) is 5.78. The molecule has 0 N–H and O–H groups in total. The van der Waals surface area contributed by atoms with E-state index in [0.717, 1.165) is 22.1 Å². The molecular formula is C24H23FN4O3S. The van der Waals surface area contributed by atoms with Gasteiger partial charge in [0.1, 0.15) is 11.4 Å². The van der Waals surface area contributed by atoms with Gasteiger partial charge in [-0.2, -0.15) is 0 Å². The summed E-state index contributed by atoms with van der Waals surface area (Å²) < 4.78 is 26.8. The van der Waals surface area contributed by atoms with Gasteiger partial charge in [-0.3, -0.25) is 4.57 Å². The van der Waals surface area contributed by atoms with Gasteiger partial charge in [-0.1, -0.05) is 17.8 Å². The van der Waals surface area contributed by atoms with E-state index >= 15 is 0 Å². The van der Waals surface area contributed by atoms with E-state index in [0.29, 0.717) is 54.4 Å². The molecule has 7 nitrogen and oxygen atoms in total. The van der Waals surface area contributed by atoms with Crippen LogP contribution in [0.15, 0.2) is 56.8 Å². The van der Waals surface area contributed by atoms with Crippen LogP contribution < -0.4 is 10.5 Å². The zero-order valence-electron chi connectivity index (χ0n) is 18.4. The van der Waals surface area contributed by atoms with Crippen molar-refractivity contribution in [2.75, 3.05) is 31.2 Å². The average Bonchev–Trinajstić information content (AvgIpc) is 3.23. The van der Waals surface area contributed by atoms with Crippen molar-refractivity contribution < 1.29 is 13.5 Å². The van der Waals surface area contributed by atoms with Crippen molar-refractivity contribution in [1.29, 1.82) is 0 Å². The Morgan fingerprint density at radius 2 is 1.85 bits per heavy atom. The van der Waals surface area contributed by atoms with Crippen LogP contribution in [-0.2, 0) is 10.5 Å². The first-order valence-electron chi connectivity index (χ1n) is 10.7. The number of hydrogen-bond donors (Lipinski definition) is 0. The quantitative estimate of drug-likeness (QED) is 0.321. The zero-order chi connectivity index (χ0) is 22.9. The summed E-state index contributed by atoms with van der Waals surface area (Å²) in [5.74, 6) is 0.805. The van der Waals surface area contributed by atoms with Gasteiger partial charge in [-0.05, 0) is 60.9 Å². The number of thioether (sulfide) groups is 1. The lowest BCUT2D eigenvalue weighted by atomic mass is 10.0. The number of ether oxygens (including phenoxy) is 1. The highest BCUT2D eigenvalue weighted by molar-refractivity contribution is 7.98. The van der Waals surface area contributed by atoms with E-state index in [9.17, 15) is 9.18 Å². The van der Waals surface area contributed by atoms with E-state index in [2.05, 4.69) is 15.1 Å². The molecule has 1 fully saturated rings. The topological polar surface area (TPSA) is 73.4 Å². The lowest BCUT2D eigenvalue weighted by molar-refractivity contribution is 0.122. The number of nitrogens with zero attached hydrogens (tertiary/aromatic N) is 4. The number of rotatable bonds is 5. The lowest BCUT2D eigenvalue weighted by Crippen LogP contribution is -2.37. The first-order chi connectivity index (χ1) is 16.0. The van der Waals surface area contributed by atoms with Crippen molar-refractivity contribution >= 4 is 28.7 Å². The van der Waals surface area contributed by atoms with Gasteiger partial charge in [0.25, 0.3) is 0 Å². The van der Waals surface area contributed by atoms with Crippen LogP contribution in [0.5, 0.6) is 0 Å². The molecule has 2 aromatic heterocycles. The standard InChI is InChI=1S/C24H23FN4O3S/c1-15-10-20-17(12-22(30)32-21(20)11-16(15)2)14-33-24-27-26-23(28-6-8-31-9-7-28)29(24)19-5-3-4-18(25)13-19/h3-5,10-13H,6-9,14H2,1-2H3. The van der Waals surface area contributed by atoms with Gasteiger partial charge in [0.05, 0.1) is 18.9 Å². The highest BCUT2D eigenvalue weighted by atomic mass is 32.2. The molecule has 0 aliphatic carbocycles. The van der Waals surface area contributed by atoms with Gasteiger partial charge in [-0.15, -0.1) is 10.2 Å². The predicted molar refractivity (Wildman–Crippen MR) is 126 cm³/mol. The third kappa shape index (κ3) is 4.38. The molecule has 0 spiro atoms. The minimum absolute atomic E-state index is 0.331. The van der Waals surface area contributed by atoms with Crippen LogP contribution >= 0.6 is 11.8 Å². The van der Waals surface area contributed by atoms with Crippen molar-refractivity contribution in [3.8, 4) is 5.69 Å².